The van der Waals surface area contributed by atoms with Crippen molar-refractivity contribution in [3.8, 4) is 5.88 Å². The van der Waals surface area contributed by atoms with E-state index in [9.17, 15) is 4.79 Å². The number of halogens is 1. The summed E-state index contributed by atoms with van der Waals surface area (Å²) in [6.45, 7) is 8.90. The van der Waals surface area contributed by atoms with Crippen LogP contribution in [0.2, 0.25) is 0 Å². The first-order valence-electron chi connectivity index (χ1n) is 10.1. The number of carbonyl (C=O) groups is 1. The Kier molecular flexibility index (Phi) is 10.7. The van der Waals surface area contributed by atoms with E-state index in [0.29, 0.717) is 18.4 Å². The fourth-order valence-corrected chi connectivity index (χ4v) is 3.18. The summed E-state index contributed by atoms with van der Waals surface area (Å²) in [5.74, 6) is 1.97. The number of amides is 1. The second-order valence-electron chi connectivity index (χ2n) is 8.58. The number of aliphatic imine (C=N–C) groups is 1. The van der Waals surface area contributed by atoms with Gasteiger partial charge in [-0.3, -0.25) is 9.79 Å². The van der Waals surface area contributed by atoms with E-state index in [-0.39, 0.29) is 48.1 Å². The molecule has 3 N–H and O–H groups in total. The van der Waals surface area contributed by atoms with Gasteiger partial charge in [0.2, 0.25) is 11.8 Å². The zero-order chi connectivity index (χ0) is 20.6. The van der Waals surface area contributed by atoms with Gasteiger partial charge in [-0.05, 0) is 64.0 Å². The summed E-state index contributed by atoms with van der Waals surface area (Å²) in [6.07, 6.45) is 6.66. The standard InChI is InChI=1S/C21H35N5O2.HI/c1-15-6-8-17(9-7-15)28-19-12-16(10-11-23-19)13-24-20(22-5)25-14-18(27)26-21(2,3)4;/h10-12,15,17H,6-9,13-14H2,1-5H3,(H,26,27)(H2,22,24,25);1H. The van der Waals surface area contributed by atoms with E-state index in [0.717, 1.165) is 24.3 Å². The van der Waals surface area contributed by atoms with E-state index in [1.807, 2.05) is 32.9 Å². The fourth-order valence-electron chi connectivity index (χ4n) is 3.18. The quantitative estimate of drug-likeness (QED) is 0.307. The summed E-state index contributed by atoms with van der Waals surface area (Å²) in [6, 6.07) is 3.91. The number of hydrogen-bond donors (Lipinski definition) is 3. The van der Waals surface area contributed by atoms with E-state index < -0.39 is 0 Å². The molecule has 1 aromatic rings. The van der Waals surface area contributed by atoms with Gasteiger partial charge in [0.25, 0.3) is 0 Å². The average molecular weight is 517 g/mol. The second kappa shape index (κ2) is 12.2. The Hall–Kier alpha value is -1.58. The Labute approximate surface area is 191 Å². The van der Waals surface area contributed by atoms with Gasteiger partial charge in [-0.1, -0.05) is 6.92 Å². The van der Waals surface area contributed by atoms with Crippen LogP contribution in [0.5, 0.6) is 5.88 Å². The Morgan fingerprint density at radius 2 is 1.93 bits per heavy atom. The van der Waals surface area contributed by atoms with Crippen LogP contribution >= 0.6 is 24.0 Å². The van der Waals surface area contributed by atoms with Crippen molar-refractivity contribution in [2.75, 3.05) is 13.6 Å². The molecule has 8 heteroatoms. The molecule has 1 aliphatic carbocycles. The molecular weight excluding hydrogens is 481 g/mol. The molecule has 0 aromatic carbocycles. The number of nitrogens with zero attached hydrogens (tertiary/aromatic N) is 2. The van der Waals surface area contributed by atoms with E-state index in [2.05, 4.69) is 32.9 Å². The molecule has 1 aromatic heterocycles. The third-order valence-corrected chi connectivity index (χ3v) is 4.66. The average Bonchev–Trinajstić information content (AvgIpc) is 2.63. The van der Waals surface area contributed by atoms with Crippen LogP contribution in [0.4, 0.5) is 0 Å². The van der Waals surface area contributed by atoms with Gasteiger partial charge >= 0.3 is 0 Å². The predicted octanol–water partition coefficient (Wildman–Crippen LogP) is 3.24. The van der Waals surface area contributed by atoms with E-state index in [1.54, 1.807) is 13.2 Å². The summed E-state index contributed by atoms with van der Waals surface area (Å²) < 4.78 is 6.07. The molecule has 0 saturated heterocycles. The molecule has 1 heterocycles. The summed E-state index contributed by atoms with van der Waals surface area (Å²) in [7, 11) is 1.68. The maximum atomic E-state index is 11.9. The number of nitrogens with one attached hydrogen (secondary N) is 3. The molecule has 0 spiro atoms. The first-order valence-corrected chi connectivity index (χ1v) is 10.1. The summed E-state index contributed by atoms with van der Waals surface area (Å²) in [4.78, 5) is 20.4. The van der Waals surface area contributed by atoms with Gasteiger partial charge in [-0.25, -0.2) is 4.98 Å². The predicted molar refractivity (Wildman–Crippen MR) is 128 cm³/mol. The van der Waals surface area contributed by atoms with Crippen molar-refractivity contribution in [1.82, 2.24) is 20.9 Å². The Balaban J connectivity index is 0.00000420. The lowest BCUT2D eigenvalue weighted by Crippen LogP contribution is -2.48. The van der Waals surface area contributed by atoms with Crippen molar-refractivity contribution >= 4 is 35.8 Å². The lowest BCUT2D eigenvalue weighted by Gasteiger charge is -2.26. The van der Waals surface area contributed by atoms with Gasteiger partial charge in [-0.2, -0.15) is 0 Å². The van der Waals surface area contributed by atoms with Gasteiger partial charge in [-0.15, -0.1) is 24.0 Å². The van der Waals surface area contributed by atoms with E-state index >= 15 is 0 Å². The summed E-state index contributed by atoms with van der Waals surface area (Å²) in [5.41, 5.74) is 0.802. The molecule has 7 nitrogen and oxygen atoms in total. The highest BCUT2D eigenvalue weighted by Crippen LogP contribution is 2.26. The molecule has 1 fully saturated rings. The van der Waals surface area contributed by atoms with Crippen molar-refractivity contribution in [3.63, 3.8) is 0 Å². The zero-order valence-electron chi connectivity index (χ0n) is 18.2. The van der Waals surface area contributed by atoms with Crippen LogP contribution < -0.4 is 20.7 Å². The molecule has 0 aliphatic heterocycles. The van der Waals surface area contributed by atoms with Gasteiger partial charge in [0, 0.05) is 31.4 Å². The van der Waals surface area contributed by atoms with Crippen LogP contribution in [0.25, 0.3) is 0 Å². The molecule has 29 heavy (non-hydrogen) atoms. The first kappa shape index (κ1) is 25.5. The van der Waals surface area contributed by atoms with Crippen LogP contribution in [0.3, 0.4) is 0 Å². The number of rotatable bonds is 6. The number of guanidine groups is 1. The Morgan fingerprint density at radius 3 is 2.55 bits per heavy atom. The number of carbonyl (C=O) groups excluding carboxylic acids is 1. The maximum absolute atomic E-state index is 11.9. The minimum atomic E-state index is -0.250. The van der Waals surface area contributed by atoms with Crippen molar-refractivity contribution in [2.45, 2.75) is 71.6 Å². The van der Waals surface area contributed by atoms with Crippen molar-refractivity contribution in [1.29, 1.82) is 0 Å². The van der Waals surface area contributed by atoms with Crippen molar-refractivity contribution < 1.29 is 9.53 Å². The van der Waals surface area contributed by atoms with Crippen LogP contribution in [0, 0.1) is 5.92 Å². The molecule has 1 saturated carbocycles. The van der Waals surface area contributed by atoms with Crippen LogP contribution in [0.15, 0.2) is 23.3 Å². The molecule has 0 atom stereocenters. The van der Waals surface area contributed by atoms with Crippen LogP contribution in [-0.4, -0.2) is 42.1 Å². The lowest BCUT2D eigenvalue weighted by atomic mass is 9.89. The molecule has 0 radical (unpaired) electrons. The van der Waals surface area contributed by atoms with Gasteiger partial charge < -0.3 is 20.7 Å². The van der Waals surface area contributed by atoms with Gasteiger partial charge in [0.1, 0.15) is 6.10 Å². The third kappa shape index (κ3) is 10.1. The highest BCUT2D eigenvalue weighted by Gasteiger charge is 2.20. The number of hydrogen-bond acceptors (Lipinski definition) is 4. The van der Waals surface area contributed by atoms with E-state index in [4.69, 9.17) is 4.74 Å². The molecule has 1 amide bonds. The van der Waals surface area contributed by atoms with E-state index in [1.165, 1.54) is 12.8 Å². The van der Waals surface area contributed by atoms with Crippen molar-refractivity contribution in [2.24, 2.45) is 10.9 Å². The highest BCUT2D eigenvalue weighted by atomic mass is 127. The minimum Gasteiger partial charge on any atom is -0.474 e. The Morgan fingerprint density at radius 1 is 1.24 bits per heavy atom. The van der Waals surface area contributed by atoms with Gasteiger partial charge in [0.15, 0.2) is 5.96 Å². The largest absolute Gasteiger partial charge is 0.474 e. The topological polar surface area (TPSA) is 87.6 Å². The molecule has 0 bridgehead atoms. The van der Waals surface area contributed by atoms with Crippen LogP contribution in [-0.2, 0) is 11.3 Å². The monoisotopic (exact) mass is 517 g/mol. The van der Waals surface area contributed by atoms with Crippen LogP contribution in [0.1, 0.15) is 58.9 Å². The Bertz CT molecular complexity index is 667. The van der Waals surface area contributed by atoms with Crippen molar-refractivity contribution in [3.05, 3.63) is 23.9 Å². The SMILES string of the molecule is CN=C(NCC(=O)NC(C)(C)C)NCc1ccnc(OC2CCC(C)CC2)c1.I. The molecule has 2 rings (SSSR count). The lowest BCUT2D eigenvalue weighted by molar-refractivity contribution is -0.121. The third-order valence-electron chi connectivity index (χ3n) is 4.66. The number of aromatic nitrogens is 1. The summed E-state index contributed by atoms with van der Waals surface area (Å²) in [5, 5.41) is 9.15. The normalized spacial score (nSPS) is 19.7. The molecular formula is C21H36IN5O2. The highest BCUT2D eigenvalue weighted by molar-refractivity contribution is 14.0. The number of ether oxygens (including phenoxy) is 1. The van der Waals surface area contributed by atoms with Gasteiger partial charge in [0.05, 0.1) is 6.54 Å². The smallest absolute Gasteiger partial charge is 0.239 e. The minimum absolute atomic E-state index is 0. The number of pyridine rings is 1. The molecule has 0 unspecified atom stereocenters. The maximum Gasteiger partial charge on any atom is 0.239 e. The molecule has 1 aliphatic rings. The zero-order valence-corrected chi connectivity index (χ0v) is 20.6. The molecule has 164 valence electrons. The summed E-state index contributed by atoms with van der Waals surface area (Å²) >= 11 is 0. The first-order chi connectivity index (χ1) is 13.2. The fraction of sp³-hybridized carbons (Fsp3) is 0.667. The second-order valence-corrected chi connectivity index (χ2v) is 8.58.